The highest BCUT2D eigenvalue weighted by molar-refractivity contribution is 7.80. The van der Waals surface area contributed by atoms with Crippen LogP contribution in [0, 0.1) is 5.95 Å². The number of piperidine rings is 1. The van der Waals surface area contributed by atoms with Crippen molar-refractivity contribution in [2.45, 2.75) is 37.8 Å². The van der Waals surface area contributed by atoms with Crippen LogP contribution in [0.2, 0.25) is 0 Å². The van der Waals surface area contributed by atoms with E-state index in [0.29, 0.717) is 6.54 Å². The zero-order valence-electron chi connectivity index (χ0n) is 10.4. The van der Waals surface area contributed by atoms with Crippen molar-refractivity contribution in [3.8, 4) is 0 Å². The number of halogens is 1. The molecule has 1 saturated carbocycles. The van der Waals surface area contributed by atoms with E-state index < -0.39 is 17.2 Å². The Morgan fingerprint density at radius 1 is 1.53 bits per heavy atom. The third kappa shape index (κ3) is 2.52. The quantitative estimate of drug-likeness (QED) is 0.828. The molecule has 0 amide bonds. The molecule has 1 saturated heterocycles. The first-order chi connectivity index (χ1) is 9.18. The Bertz CT molecular complexity index is 485. The largest absolute Gasteiger partial charge is 0.755 e. The topological polar surface area (TPSA) is 73.2 Å². The van der Waals surface area contributed by atoms with Gasteiger partial charge in [-0.3, -0.25) is 8.51 Å². The molecule has 2 fully saturated rings. The van der Waals surface area contributed by atoms with Crippen LogP contribution in [0.15, 0.2) is 6.20 Å². The summed E-state index contributed by atoms with van der Waals surface area (Å²) in [6.07, 6.45) is 4.75. The van der Waals surface area contributed by atoms with Crippen LogP contribution >= 0.6 is 0 Å². The minimum Gasteiger partial charge on any atom is -0.755 e. The number of nitrogens with zero attached hydrogens (tertiary/aromatic N) is 3. The number of rotatable bonds is 4. The van der Waals surface area contributed by atoms with E-state index in [0.717, 1.165) is 36.5 Å². The van der Waals surface area contributed by atoms with Crippen LogP contribution in [-0.4, -0.2) is 37.7 Å². The summed E-state index contributed by atoms with van der Waals surface area (Å²) in [6, 6.07) is -0.140. The molecule has 2 unspecified atom stereocenters. The lowest BCUT2D eigenvalue weighted by Gasteiger charge is -2.36. The van der Waals surface area contributed by atoms with Crippen molar-refractivity contribution in [1.82, 2.24) is 15.1 Å². The van der Waals surface area contributed by atoms with Crippen LogP contribution in [0.25, 0.3) is 0 Å². The summed E-state index contributed by atoms with van der Waals surface area (Å²) in [7, 11) is 0. The van der Waals surface area contributed by atoms with Gasteiger partial charge < -0.3 is 9.87 Å². The van der Waals surface area contributed by atoms with Crippen molar-refractivity contribution in [2.24, 2.45) is 0 Å². The molecule has 1 aliphatic carbocycles. The van der Waals surface area contributed by atoms with E-state index in [-0.39, 0.29) is 17.8 Å². The van der Waals surface area contributed by atoms with E-state index in [1.54, 1.807) is 0 Å². The van der Waals surface area contributed by atoms with Gasteiger partial charge in [-0.25, -0.2) is 4.68 Å². The van der Waals surface area contributed by atoms with Crippen molar-refractivity contribution in [1.29, 1.82) is 0 Å². The Morgan fingerprint density at radius 3 is 2.89 bits per heavy atom. The molecule has 0 aromatic carbocycles. The minimum absolute atomic E-state index is 0.0638. The second-order valence-corrected chi connectivity index (χ2v) is 5.87. The summed E-state index contributed by atoms with van der Waals surface area (Å²) in [5, 5.41) is 7.12. The zero-order valence-corrected chi connectivity index (χ0v) is 11.2. The summed E-state index contributed by atoms with van der Waals surface area (Å²) in [5.74, 6) is -0.544. The third-order valence-corrected chi connectivity index (χ3v) is 4.43. The van der Waals surface area contributed by atoms with Gasteiger partial charge in [-0.2, -0.15) is 9.49 Å². The Labute approximate surface area is 113 Å². The molecule has 19 heavy (non-hydrogen) atoms. The van der Waals surface area contributed by atoms with Gasteiger partial charge in [-0.05, 0) is 32.2 Å². The van der Waals surface area contributed by atoms with Gasteiger partial charge in [0.1, 0.15) is 5.69 Å². The van der Waals surface area contributed by atoms with Crippen LogP contribution < -0.4 is 9.62 Å². The summed E-state index contributed by atoms with van der Waals surface area (Å²) in [5.41, 5.74) is 0.0638. The van der Waals surface area contributed by atoms with E-state index in [4.69, 9.17) is 0 Å². The first-order valence-electron chi connectivity index (χ1n) is 6.51. The molecule has 0 radical (unpaired) electrons. The maximum Gasteiger partial charge on any atom is 0.236 e. The predicted molar refractivity (Wildman–Crippen MR) is 67.7 cm³/mol. The van der Waals surface area contributed by atoms with E-state index in [9.17, 15) is 13.2 Å². The molecule has 8 heteroatoms. The van der Waals surface area contributed by atoms with Crippen molar-refractivity contribution in [3.63, 3.8) is 0 Å². The molecule has 1 aromatic rings. The van der Waals surface area contributed by atoms with Crippen LogP contribution in [0.3, 0.4) is 0 Å². The van der Waals surface area contributed by atoms with Crippen molar-refractivity contribution in [2.75, 3.05) is 17.4 Å². The van der Waals surface area contributed by atoms with Gasteiger partial charge >= 0.3 is 0 Å². The average Bonchev–Trinajstić information content (AvgIpc) is 3.17. The maximum atomic E-state index is 14.3. The first-order valence-corrected chi connectivity index (χ1v) is 7.54. The number of hydrogen-bond acceptors (Lipinski definition) is 4. The lowest BCUT2D eigenvalue weighted by Crippen LogP contribution is -2.47. The molecule has 1 aromatic heterocycles. The van der Waals surface area contributed by atoms with Crippen molar-refractivity contribution >= 4 is 17.0 Å². The van der Waals surface area contributed by atoms with Crippen LogP contribution in [0.5, 0.6) is 0 Å². The molecule has 6 nitrogen and oxygen atoms in total. The Hall–Kier alpha value is -0.990. The Balaban J connectivity index is 1.88. The molecule has 0 spiro atoms. The van der Waals surface area contributed by atoms with Gasteiger partial charge in [0.25, 0.3) is 0 Å². The Kier molecular flexibility index (Phi) is 3.55. The highest BCUT2D eigenvalue weighted by atomic mass is 32.2. The van der Waals surface area contributed by atoms with Gasteiger partial charge in [0, 0.05) is 17.8 Å². The Morgan fingerprint density at radius 2 is 2.32 bits per heavy atom. The van der Waals surface area contributed by atoms with Crippen LogP contribution in [0.1, 0.15) is 31.7 Å². The molecule has 2 atom stereocenters. The van der Waals surface area contributed by atoms with E-state index in [2.05, 4.69) is 10.4 Å². The smallest absolute Gasteiger partial charge is 0.236 e. The summed E-state index contributed by atoms with van der Waals surface area (Å²) < 4.78 is 39.6. The normalized spacial score (nSPS) is 25.3. The molecule has 1 N–H and O–H groups in total. The molecule has 0 bridgehead atoms. The fourth-order valence-corrected chi connectivity index (χ4v) is 3.20. The summed E-state index contributed by atoms with van der Waals surface area (Å²) in [4.78, 5) is 0. The second kappa shape index (κ2) is 5.18. The third-order valence-electron chi connectivity index (χ3n) is 3.61. The summed E-state index contributed by atoms with van der Waals surface area (Å²) in [6.45, 7) is 1.42. The number of anilines is 1. The van der Waals surface area contributed by atoms with Crippen molar-refractivity contribution < 1.29 is 13.2 Å². The SMILES string of the molecule is O=S([O-])N(c1cnn(C2CC2)c1F)C1CCCNC1. The molecular weight excluding hydrogens is 271 g/mol. The van der Waals surface area contributed by atoms with Gasteiger partial charge in [0.05, 0.1) is 18.3 Å². The van der Waals surface area contributed by atoms with Gasteiger partial charge in [0.2, 0.25) is 5.95 Å². The standard InChI is InChI=1S/C11H17FN4O2S/c12-11-10(7-14-15(11)8-3-4-8)16(19(17)18)9-2-1-5-13-6-9/h7-9,13H,1-6H2,(H,17,18)/p-1. The molecule has 2 aliphatic rings. The molecule has 1 aliphatic heterocycles. The minimum atomic E-state index is -2.49. The number of aromatic nitrogens is 2. The number of nitrogens with one attached hydrogen (secondary N) is 1. The fraction of sp³-hybridized carbons (Fsp3) is 0.727. The highest BCUT2D eigenvalue weighted by Crippen LogP contribution is 2.37. The monoisotopic (exact) mass is 287 g/mol. The lowest BCUT2D eigenvalue weighted by molar-refractivity contribution is 0.434. The summed E-state index contributed by atoms with van der Waals surface area (Å²) >= 11 is -2.49. The molecule has 2 heterocycles. The van der Waals surface area contributed by atoms with E-state index >= 15 is 0 Å². The second-order valence-electron chi connectivity index (χ2n) is 5.04. The van der Waals surface area contributed by atoms with Crippen LogP contribution in [-0.2, 0) is 11.3 Å². The number of hydrogen-bond donors (Lipinski definition) is 1. The van der Waals surface area contributed by atoms with Gasteiger partial charge in [-0.1, -0.05) is 0 Å². The first kappa shape index (κ1) is 13.0. The predicted octanol–water partition coefficient (Wildman–Crippen LogP) is 0.710. The maximum absolute atomic E-state index is 14.3. The van der Waals surface area contributed by atoms with Gasteiger partial charge in [-0.15, -0.1) is 0 Å². The zero-order chi connectivity index (χ0) is 13.4. The average molecular weight is 287 g/mol. The van der Waals surface area contributed by atoms with E-state index in [1.807, 2.05) is 0 Å². The van der Waals surface area contributed by atoms with Gasteiger partial charge in [0.15, 0.2) is 0 Å². The van der Waals surface area contributed by atoms with Crippen LogP contribution in [0.4, 0.5) is 10.1 Å². The highest BCUT2D eigenvalue weighted by Gasteiger charge is 2.32. The molecule has 106 valence electrons. The fourth-order valence-electron chi connectivity index (χ4n) is 2.49. The lowest BCUT2D eigenvalue weighted by atomic mass is 10.1. The molecular formula is C11H16FN4O2S-. The molecule has 3 rings (SSSR count). The van der Waals surface area contributed by atoms with E-state index in [1.165, 1.54) is 10.9 Å². The van der Waals surface area contributed by atoms with Crippen molar-refractivity contribution in [3.05, 3.63) is 12.1 Å².